The second-order valence-corrected chi connectivity index (χ2v) is 6.33. The van der Waals surface area contributed by atoms with Gasteiger partial charge in [0, 0.05) is 6.42 Å². The van der Waals surface area contributed by atoms with Crippen LogP contribution in [0.4, 0.5) is 13.2 Å². The maximum atomic E-state index is 12.7. The molecule has 1 aromatic carbocycles. The highest BCUT2D eigenvalue weighted by atomic mass is 19.4. The average molecular weight is 371 g/mol. The van der Waals surface area contributed by atoms with Gasteiger partial charge in [0.15, 0.2) is 5.82 Å². The van der Waals surface area contributed by atoms with Crippen molar-refractivity contribution in [3.63, 3.8) is 0 Å². The van der Waals surface area contributed by atoms with E-state index in [2.05, 4.69) is 15.5 Å². The van der Waals surface area contributed by atoms with Crippen molar-refractivity contribution >= 4 is 6.29 Å². The van der Waals surface area contributed by atoms with Crippen molar-refractivity contribution < 1.29 is 27.6 Å². The Hall–Kier alpha value is -2.26. The monoisotopic (exact) mass is 371 g/mol. The van der Waals surface area contributed by atoms with Crippen molar-refractivity contribution in [2.75, 3.05) is 0 Å². The van der Waals surface area contributed by atoms with Gasteiger partial charge in [-0.2, -0.15) is 18.2 Å². The van der Waals surface area contributed by atoms with E-state index >= 15 is 0 Å². The maximum Gasteiger partial charge on any atom is 0.416 e. The van der Waals surface area contributed by atoms with E-state index in [1.165, 1.54) is 13.0 Å². The fourth-order valence-corrected chi connectivity index (χ4v) is 2.51. The Morgan fingerprint density at radius 2 is 2.12 bits per heavy atom. The van der Waals surface area contributed by atoms with Crippen LogP contribution in [0.5, 0.6) is 0 Å². The molecule has 0 amide bonds. The van der Waals surface area contributed by atoms with E-state index < -0.39 is 23.5 Å². The Kier molecular flexibility index (Phi) is 6.14. The minimum absolute atomic E-state index is 0.0772. The number of nitrogens with zero attached hydrogens (tertiary/aromatic N) is 2. The van der Waals surface area contributed by atoms with Crippen LogP contribution in [0.15, 0.2) is 28.8 Å². The summed E-state index contributed by atoms with van der Waals surface area (Å²) in [6, 6.07) is 4.92. The first kappa shape index (κ1) is 20.1. The third-order valence-corrected chi connectivity index (χ3v) is 3.79. The molecule has 26 heavy (non-hydrogen) atoms. The van der Waals surface area contributed by atoms with Crippen LogP contribution >= 0.6 is 0 Å². The summed E-state index contributed by atoms with van der Waals surface area (Å²) in [6.45, 7) is 3.14. The third kappa shape index (κ3) is 5.63. The summed E-state index contributed by atoms with van der Waals surface area (Å²) in [6.07, 6.45) is -3.86. The Labute approximate surface area is 148 Å². The fourth-order valence-electron chi connectivity index (χ4n) is 2.51. The molecule has 2 aromatic rings. The van der Waals surface area contributed by atoms with E-state index in [9.17, 15) is 23.1 Å². The lowest BCUT2D eigenvalue weighted by atomic mass is 9.97. The lowest BCUT2D eigenvalue weighted by Crippen LogP contribution is -2.48. The summed E-state index contributed by atoms with van der Waals surface area (Å²) >= 11 is 0. The summed E-state index contributed by atoms with van der Waals surface area (Å²) < 4.78 is 43.3. The Balaban J connectivity index is 2.01. The number of aliphatic hydroxyl groups is 1. The summed E-state index contributed by atoms with van der Waals surface area (Å²) in [4.78, 5) is 15.4. The first-order valence-corrected chi connectivity index (χ1v) is 8.01. The van der Waals surface area contributed by atoms with Gasteiger partial charge < -0.3 is 14.4 Å². The molecule has 0 aliphatic heterocycles. The quantitative estimate of drug-likeness (QED) is 0.548. The van der Waals surface area contributed by atoms with Gasteiger partial charge in [0.25, 0.3) is 0 Å². The van der Waals surface area contributed by atoms with Gasteiger partial charge in [0.1, 0.15) is 12.5 Å². The second kappa shape index (κ2) is 7.96. The molecule has 9 heteroatoms. The molecule has 0 saturated carbocycles. The molecule has 1 unspecified atom stereocenters. The molecule has 0 aliphatic carbocycles. The number of rotatable bonds is 8. The molecule has 0 spiro atoms. The molecule has 0 aliphatic rings. The Morgan fingerprint density at radius 3 is 2.73 bits per heavy atom. The van der Waals surface area contributed by atoms with Crippen LogP contribution in [-0.4, -0.2) is 33.3 Å². The first-order valence-electron chi connectivity index (χ1n) is 8.01. The van der Waals surface area contributed by atoms with E-state index in [1.807, 2.05) is 0 Å². The smallest absolute Gasteiger partial charge is 0.379 e. The molecule has 0 bridgehead atoms. The van der Waals surface area contributed by atoms with Crippen LogP contribution in [0.2, 0.25) is 0 Å². The van der Waals surface area contributed by atoms with Crippen LogP contribution in [-0.2, 0) is 23.8 Å². The van der Waals surface area contributed by atoms with Crippen molar-refractivity contribution in [2.45, 2.75) is 51.1 Å². The van der Waals surface area contributed by atoms with E-state index in [0.29, 0.717) is 30.5 Å². The van der Waals surface area contributed by atoms with E-state index in [-0.39, 0.29) is 12.3 Å². The molecule has 2 atom stereocenters. The Bertz CT molecular complexity index is 746. The highest BCUT2D eigenvalue weighted by molar-refractivity contribution is 5.63. The molecule has 0 radical (unpaired) electrons. The average Bonchev–Trinajstić information content (AvgIpc) is 2.99. The molecule has 142 valence electrons. The highest BCUT2D eigenvalue weighted by Crippen LogP contribution is 2.29. The zero-order chi connectivity index (χ0) is 19.4. The summed E-state index contributed by atoms with van der Waals surface area (Å²) in [7, 11) is 0. The van der Waals surface area contributed by atoms with Gasteiger partial charge >= 0.3 is 6.18 Å². The lowest BCUT2D eigenvalue weighted by Gasteiger charge is -2.25. The van der Waals surface area contributed by atoms with Gasteiger partial charge in [0.2, 0.25) is 5.89 Å². The van der Waals surface area contributed by atoms with Crippen molar-refractivity contribution in [1.29, 1.82) is 0 Å². The number of benzene rings is 1. The van der Waals surface area contributed by atoms with E-state index in [1.54, 1.807) is 13.0 Å². The van der Waals surface area contributed by atoms with Crippen LogP contribution in [0, 0.1) is 0 Å². The van der Waals surface area contributed by atoms with Crippen molar-refractivity contribution in [2.24, 2.45) is 0 Å². The molecule has 6 nitrogen and oxygen atoms in total. The summed E-state index contributed by atoms with van der Waals surface area (Å²) in [5, 5.41) is 15.9. The number of aliphatic hydroxyl groups excluding tert-OH is 1. The number of aromatic nitrogens is 2. The summed E-state index contributed by atoms with van der Waals surface area (Å²) in [5.41, 5.74) is -1.28. The number of aldehydes is 1. The van der Waals surface area contributed by atoms with Gasteiger partial charge in [-0.3, -0.25) is 5.32 Å². The molecule has 0 saturated heterocycles. The zero-order valence-electron chi connectivity index (χ0n) is 14.4. The molecular formula is C17H20F3N3O3. The number of aryl methyl sites for hydroxylation is 1. The molecule has 1 aromatic heterocycles. The van der Waals surface area contributed by atoms with E-state index in [0.717, 1.165) is 12.1 Å². The predicted molar refractivity (Wildman–Crippen MR) is 86.2 cm³/mol. The van der Waals surface area contributed by atoms with Gasteiger partial charge in [-0.1, -0.05) is 23.4 Å². The van der Waals surface area contributed by atoms with Crippen LogP contribution in [0.1, 0.15) is 43.1 Å². The molecule has 2 rings (SSSR count). The topological polar surface area (TPSA) is 88.2 Å². The minimum atomic E-state index is -4.41. The predicted octanol–water partition coefficient (Wildman–Crippen LogP) is 2.50. The van der Waals surface area contributed by atoms with Crippen LogP contribution < -0.4 is 5.32 Å². The van der Waals surface area contributed by atoms with Crippen LogP contribution in [0.3, 0.4) is 0 Å². The van der Waals surface area contributed by atoms with Gasteiger partial charge in [-0.05, 0) is 31.9 Å². The second-order valence-electron chi connectivity index (χ2n) is 6.33. The Morgan fingerprint density at radius 1 is 1.38 bits per heavy atom. The number of carbonyl (C=O) groups is 1. The first-order chi connectivity index (χ1) is 12.1. The molecule has 0 fully saturated rings. The molecule has 1 heterocycles. The fraction of sp³-hybridized carbons (Fsp3) is 0.471. The van der Waals surface area contributed by atoms with Gasteiger partial charge in [-0.15, -0.1) is 0 Å². The largest absolute Gasteiger partial charge is 0.416 e. The van der Waals surface area contributed by atoms with E-state index in [4.69, 9.17) is 4.52 Å². The highest BCUT2D eigenvalue weighted by Gasteiger charge is 2.30. The normalized spacial score (nSPS) is 15.5. The number of hydrogen-bond donors (Lipinski definition) is 2. The summed E-state index contributed by atoms with van der Waals surface area (Å²) in [5.74, 6) is 0.531. The number of halogens is 3. The molecular weight excluding hydrogens is 351 g/mol. The number of carbonyl (C=O) groups excluding carboxylic acids is 1. The van der Waals surface area contributed by atoms with Gasteiger partial charge in [-0.25, -0.2) is 0 Å². The SMILES string of the molecule is CC(O)N[C@](C)(C=O)CCc1noc(Cc2cccc(C(F)(F)F)c2)n1. The number of nitrogens with one attached hydrogen (secondary N) is 1. The minimum Gasteiger partial charge on any atom is -0.379 e. The lowest BCUT2D eigenvalue weighted by molar-refractivity contribution is -0.137. The van der Waals surface area contributed by atoms with Gasteiger partial charge in [0.05, 0.1) is 17.5 Å². The molecule has 2 N–H and O–H groups in total. The van der Waals surface area contributed by atoms with Crippen LogP contribution in [0.25, 0.3) is 0 Å². The number of hydrogen-bond acceptors (Lipinski definition) is 6. The van der Waals surface area contributed by atoms with Crippen molar-refractivity contribution in [3.05, 3.63) is 47.1 Å². The third-order valence-electron chi connectivity index (χ3n) is 3.79. The standard InChI is InChI=1S/C17H20F3N3O3/c1-11(25)22-16(2,10-24)7-6-14-21-15(26-23-14)9-12-4-3-5-13(8-12)17(18,19)20/h3-5,8,10-11,22,25H,6-7,9H2,1-2H3/t11?,16-/m0/s1. The van der Waals surface area contributed by atoms with Crippen molar-refractivity contribution in [1.82, 2.24) is 15.5 Å². The zero-order valence-corrected chi connectivity index (χ0v) is 14.4. The maximum absolute atomic E-state index is 12.7. The van der Waals surface area contributed by atoms with Crippen molar-refractivity contribution in [3.8, 4) is 0 Å². The number of alkyl halides is 3.